The number of ether oxygens (including phenoxy) is 1. The van der Waals surface area contributed by atoms with Gasteiger partial charge in [-0.25, -0.2) is 0 Å². The Kier molecular flexibility index (Phi) is 5.74. The first-order valence-electron chi connectivity index (χ1n) is 11.5. The molecule has 158 valence electrons. The van der Waals surface area contributed by atoms with Crippen LogP contribution in [-0.2, 0) is 9.53 Å². The number of carbonyl (C=O) groups excluding carboxylic acids is 1. The summed E-state index contributed by atoms with van der Waals surface area (Å²) in [7, 11) is 0. The molecule has 2 nitrogen and oxygen atoms in total. The highest BCUT2D eigenvalue weighted by Gasteiger charge is 2.23. The fraction of sp³-hybridized carbons (Fsp3) is 0.345. The van der Waals surface area contributed by atoms with Gasteiger partial charge in [0.05, 0.1) is 6.61 Å². The minimum Gasteiger partial charge on any atom is -0.376 e. The molecule has 0 N–H and O–H groups in total. The van der Waals surface area contributed by atoms with Gasteiger partial charge in [0, 0.05) is 30.4 Å². The molecule has 31 heavy (non-hydrogen) atoms. The number of hydrogen-bond acceptors (Lipinski definition) is 2. The fourth-order valence-corrected chi connectivity index (χ4v) is 4.84. The van der Waals surface area contributed by atoms with Crippen LogP contribution in [0.3, 0.4) is 0 Å². The minimum atomic E-state index is 0.195. The Morgan fingerprint density at radius 2 is 1.87 bits per heavy atom. The smallest absolute Gasteiger partial charge is 0.163 e. The summed E-state index contributed by atoms with van der Waals surface area (Å²) in [5.41, 5.74) is 6.78. The monoisotopic (exact) mass is 410 g/mol. The SMILES string of the molecule is C=C1C=C(C(=O)CCC2=CC3C=C(COCC4CCC4)C=CC3=C2)C=C2C=CC=CC12. The summed E-state index contributed by atoms with van der Waals surface area (Å²) >= 11 is 0. The maximum absolute atomic E-state index is 12.9. The van der Waals surface area contributed by atoms with E-state index in [0.717, 1.165) is 35.7 Å². The molecular weight excluding hydrogens is 380 g/mol. The second-order valence-corrected chi connectivity index (χ2v) is 9.26. The molecule has 0 bridgehead atoms. The van der Waals surface area contributed by atoms with E-state index < -0.39 is 0 Å². The van der Waals surface area contributed by atoms with Crippen LogP contribution in [0.5, 0.6) is 0 Å². The highest BCUT2D eigenvalue weighted by atomic mass is 16.5. The van der Waals surface area contributed by atoms with E-state index in [-0.39, 0.29) is 11.7 Å². The quantitative estimate of drug-likeness (QED) is 0.470. The summed E-state index contributed by atoms with van der Waals surface area (Å²) in [6, 6.07) is 0. The second kappa shape index (κ2) is 8.80. The Balaban J connectivity index is 1.15. The van der Waals surface area contributed by atoms with Crippen molar-refractivity contribution in [3.8, 4) is 0 Å². The van der Waals surface area contributed by atoms with Gasteiger partial charge in [0.15, 0.2) is 5.78 Å². The zero-order chi connectivity index (χ0) is 21.2. The van der Waals surface area contributed by atoms with Crippen LogP contribution in [0, 0.1) is 17.8 Å². The number of allylic oxidation sites excluding steroid dienone is 15. The van der Waals surface area contributed by atoms with Crippen molar-refractivity contribution in [2.75, 3.05) is 13.2 Å². The first kappa shape index (κ1) is 20.2. The van der Waals surface area contributed by atoms with E-state index in [1.165, 1.54) is 36.0 Å². The summed E-state index contributed by atoms with van der Waals surface area (Å²) in [5.74, 6) is 1.52. The molecule has 2 atom stereocenters. The molecule has 5 aliphatic rings. The van der Waals surface area contributed by atoms with Crippen molar-refractivity contribution in [3.05, 3.63) is 107 Å². The molecule has 1 saturated carbocycles. The van der Waals surface area contributed by atoms with Gasteiger partial charge in [0.1, 0.15) is 0 Å². The summed E-state index contributed by atoms with van der Waals surface area (Å²) < 4.78 is 5.91. The second-order valence-electron chi connectivity index (χ2n) is 9.26. The van der Waals surface area contributed by atoms with Crippen molar-refractivity contribution in [1.82, 2.24) is 0 Å². The summed E-state index contributed by atoms with van der Waals surface area (Å²) in [6.45, 7) is 5.76. The van der Waals surface area contributed by atoms with E-state index in [1.807, 2.05) is 24.3 Å². The Morgan fingerprint density at radius 1 is 1.00 bits per heavy atom. The first-order chi connectivity index (χ1) is 15.2. The number of fused-ring (bicyclic) bond motifs is 2. The molecule has 0 aromatic heterocycles. The zero-order valence-corrected chi connectivity index (χ0v) is 18.1. The van der Waals surface area contributed by atoms with E-state index in [0.29, 0.717) is 18.9 Å². The van der Waals surface area contributed by atoms with Crippen molar-refractivity contribution in [1.29, 1.82) is 0 Å². The van der Waals surface area contributed by atoms with Crippen LogP contribution in [0.15, 0.2) is 107 Å². The van der Waals surface area contributed by atoms with Crippen LogP contribution in [0.2, 0.25) is 0 Å². The predicted molar refractivity (Wildman–Crippen MR) is 126 cm³/mol. The highest BCUT2D eigenvalue weighted by Crippen LogP contribution is 2.35. The normalized spacial score (nSPS) is 26.3. The molecule has 5 rings (SSSR count). The molecule has 0 radical (unpaired) electrons. The van der Waals surface area contributed by atoms with E-state index in [1.54, 1.807) is 0 Å². The van der Waals surface area contributed by atoms with Crippen LogP contribution in [0.4, 0.5) is 0 Å². The van der Waals surface area contributed by atoms with Crippen molar-refractivity contribution in [2.24, 2.45) is 17.8 Å². The van der Waals surface area contributed by atoms with Crippen LogP contribution in [0.25, 0.3) is 0 Å². The third-order valence-corrected chi connectivity index (χ3v) is 6.95. The Labute approximate surface area is 185 Å². The molecule has 5 aliphatic carbocycles. The van der Waals surface area contributed by atoms with Crippen LogP contribution in [-0.4, -0.2) is 19.0 Å². The molecule has 0 aromatic carbocycles. The van der Waals surface area contributed by atoms with Gasteiger partial charge in [0.2, 0.25) is 0 Å². The van der Waals surface area contributed by atoms with Crippen LogP contribution in [0.1, 0.15) is 32.1 Å². The van der Waals surface area contributed by atoms with Crippen LogP contribution >= 0.6 is 0 Å². The van der Waals surface area contributed by atoms with Gasteiger partial charge in [-0.05, 0) is 59.6 Å². The molecule has 1 fully saturated rings. The number of carbonyl (C=O) groups is 1. The molecule has 2 heteroatoms. The Morgan fingerprint density at radius 3 is 2.71 bits per heavy atom. The van der Waals surface area contributed by atoms with Crippen LogP contribution < -0.4 is 0 Å². The molecule has 0 aromatic rings. The van der Waals surface area contributed by atoms with Gasteiger partial charge >= 0.3 is 0 Å². The lowest BCUT2D eigenvalue weighted by atomic mass is 9.81. The molecular formula is C29H30O2. The molecule has 0 heterocycles. The van der Waals surface area contributed by atoms with Crippen molar-refractivity contribution in [2.45, 2.75) is 32.1 Å². The molecule has 0 amide bonds. The van der Waals surface area contributed by atoms with Crippen molar-refractivity contribution in [3.63, 3.8) is 0 Å². The van der Waals surface area contributed by atoms with E-state index in [9.17, 15) is 4.79 Å². The average Bonchev–Trinajstić information content (AvgIpc) is 3.16. The summed E-state index contributed by atoms with van der Waals surface area (Å²) in [5, 5.41) is 0. The molecule has 2 unspecified atom stereocenters. The number of hydrogen-bond donors (Lipinski definition) is 0. The zero-order valence-electron chi connectivity index (χ0n) is 18.1. The third-order valence-electron chi connectivity index (χ3n) is 6.95. The maximum Gasteiger partial charge on any atom is 0.163 e. The topological polar surface area (TPSA) is 26.3 Å². The fourth-order valence-electron chi connectivity index (χ4n) is 4.84. The number of ketones is 1. The van der Waals surface area contributed by atoms with E-state index in [2.05, 4.69) is 49.1 Å². The van der Waals surface area contributed by atoms with Gasteiger partial charge in [-0.1, -0.05) is 73.3 Å². The summed E-state index contributed by atoms with van der Waals surface area (Å²) in [6.07, 6.45) is 28.8. The van der Waals surface area contributed by atoms with Gasteiger partial charge in [-0.15, -0.1) is 0 Å². The number of rotatable bonds is 8. The lowest BCUT2D eigenvalue weighted by Gasteiger charge is -2.25. The Hall–Kier alpha value is -2.71. The molecule has 0 saturated heterocycles. The molecule has 0 aliphatic heterocycles. The lowest BCUT2D eigenvalue weighted by Crippen LogP contribution is -2.18. The largest absolute Gasteiger partial charge is 0.376 e. The standard InChI is InChI=1S/C29H30O2/c1-20-13-27(17-25-7-2-3-8-28(20)25)29(30)12-10-22-14-24-11-9-23(16-26(24)15-22)19-31-18-21-5-4-6-21/h2-3,7-9,11,13-17,21,26,28H,1,4-6,10,12,18-19H2. The van der Waals surface area contributed by atoms with Gasteiger partial charge in [-0.2, -0.15) is 0 Å². The van der Waals surface area contributed by atoms with Crippen molar-refractivity contribution < 1.29 is 9.53 Å². The van der Waals surface area contributed by atoms with Gasteiger partial charge in [0.25, 0.3) is 0 Å². The Bertz CT molecular complexity index is 1030. The number of Topliss-reactive ketones (excluding diaryl/α,β-unsaturated/α-hetero) is 1. The average molecular weight is 411 g/mol. The first-order valence-corrected chi connectivity index (χ1v) is 11.5. The molecule has 0 spiro atoms. The predicted octanol–water partition coefficient (Wildman–Crippen LogP) is 6.30. The van der Waals surface area contributed by atoms with E-state index in [4.69, 9.17) is 4.74 Å². The maximum atomic E-state index is 12.9. The lowest BCUT2D eigenvalue weighted by molar-refractivity contribution is -0.115. The van der Waals surface area contributed by atoms with E-state index >= 15 is 0 Å². The minimum absolute atomic E-state index is 0.195. The highest BCUT2D eigenvalue weighted by molar-refractivity contribution is 5.99. The van der Waals surface area contributed by atoms with Gasteiger partial charge < -0.3 is 4.74 Å². The third kappa shape index (κ3) is 4.50. The van der Waals surface area contributed by atoms with Crippen molar-refractivity contribution >= 4 is 5.78 Å². The van der Waals surface area contributed by atoms with Gasteiger partial charge in [-0.3, -0.25) is 4.79 Å². The summed E-state index contributed by atoms with van der Waals surface area (Å²) in [4.78, 5) is 12.9.